The van der Waals surface area contributed by atoms with Gasteiger partial charge in [-0.1, -0.05) is 12.1 Å². The average molecular weight is 234 g/mol. The Morgan fingerprint density at radius 3 is 2.59 bits per heavy atom. The van der Waals surface area contributed by atoms with Crippen molar-refractivity contribution in [3.63, 3.8) is 0 Å². The van der Waals surface area contributed by atoms with E-state index >= 15 is 0 Å². The summed E-state index contributed by atoms with van der Waals surface area (Å²) >= 11 is 0. The second-order valence-corrected chi connectivity index (χ2v) is 4.03. The molecular weight excluding hydrogens is 216 g/mol. The van der Waals surface area contributed by atoms with Gasteiger partial charge in [-0.3, -0.25) is 9.59 Å². The standard InChI is InChI=1S/C13H18N2O2/c1-9-5-4-6-12(10(9)2)15-13(17)7-8-14-11(3)16/h4-6H,7-8H2,1-3H3,(H,14,16)(H,15,17). The lowest BCUT2D eigenvalue weighted by atomic mass is 10.1. The number of carbonyl (C=O) groups excluding carboxylic acids is 2. The molecule has 0 atom stereocenters. The van der Waals surface area contributed by atoms with Crippen molar-refractivity contribution in [2.75, 3.05) is 11.9 Å². The number of carbonyl (C=O) groups is 2. The average Bonchev–Trinajstić information content (AvgIpc) is 2.24. The summed E-state index contributed by atoms with van der Waals surface area (Å²) in [5.74, 6) is -0.211. The molecule has 4 heteroatoms. The zero-order valence-corrected chi connectivity index (χ0v) is 10.5. The van der Waals surface area contributed by atoms with Crippen LogP contribution in [0.5, 0.6) is 0 Å². The van der Waals surface area contributed by atoms with E-state index in [9.17, 15) is 9.59 Å². The minimum absolute atomic E-state index is 0.0903. The van der Waals surface area contributed by atoms with Gasteiger partial charge in [0.1, 0.15) is 0 Å². The van der Waals surface area contributed by atoms with Crippen LogP contribution in [-0.2, 0) is 9.59 Å². The van der Waals surface area contributed by atoms with E-state index in [4.69, 9.17) is 0 Å². The van der Waals surface area contributed by atoms with Crippen molar-refractivity contribution in [1.29, 1.82) is 0 Å². The van der Waals surface area contributed by atoms with Crippen molar-refractivity contribution < 1.29 is 9.59 Å². The minimum atomic E-state index is -0.121. The van der Waals surface area contributed by atoms with E-state index in [1.54, 1.807) is 0 Å². The molecule has 1 aromatic carbocycles. The first-order valence-corrected chi connectivity index (χ1v) is 5.61. The maximum Gasteiger partial charge on any atom is 0.226 e. The monoisotopic (exact) mass is 234 g/mol. The van der Waals surface area contributed by atoms with Crippen molar-refractivity contribution in [2.24, 2.45) is 0 Å². The van der Waals surface area contributed by atoms with Gasteiger partial charge >= 0.3 is 0 Å². The summed E-state index contributed by atoms with van der Waals surface area (Å²) in [6, 6.07) is 5.78. The SMILES string of the molecule is CC(=O)NCCC(=O)Nc1cccc(C)c1C. The molecule has 2 amide bonds. The number of anilines is 1. The Morgan fingerprint density at radius 2 is 1.94 bits per heavy atom. The molecule has 4 nitrogen and oxygen atoms in total. The number of benzene rings is 1. The molecule has 0 saturated carbocycles. The summed E-state index contributed by atoms with van der Waals surface area (Å²) in [6.07, 6.45) is 0.285. The van der Waals surface area contributed by atoms with Crippen molar-refractivity contribution in [3.8, 4) is 0 Å². The molecule has 1 rings (SSSR count). The second kappa shape index (κ2) is 6.03. The summed E-state index contributed by atoms with van der Waals surface area (Å²) in [5, 5.41) is 5.42. The van der Waals surface area contributed by atoms with Crippen molar-refractivity contribution in [1.82, 2.24) is 5.32 Å². The Hall–Kier alpha value is -1.84. The lowest BCUT2D eigenvalue weighted by Crippen LogP contribution is -2.25. The molecular formula is C13H18N2O2. The van der Waals surface area contributed by atoms with Crippen LogP contribution in [0.4, 0.5) is 5.69 Å². The van der Waals surface area contributed by atoms with E-state index in [1.165, 1.54) is 6.92 Å². The Bertz CT molecular complexity index is 427. The molecule has 1 aromatic rings. The highest BCUT2D eigenvalue weighted by Crippen LogP contribution is 2.17. The Morgan fingerprint density at radius 1 is 1.24 bits per heavy atom. The first-order valence-electron chi connectivity index (χ1n) is 5.61. The fourth-order valence-electron chi connectivity index (χ4n) is 1.45. The van der Waals surface area contributed by atoms with Crippen molar-refractivity contribution >= 4 is 17.5 Å². The lowest BCUT2D eigenvalue weighted by Gasteiger charge is -2.10. The summed E-state index contributed by atoms with van der Waals surface area (Å²) in [7, 11) is 0. The molecule has 0 radical (unpaired) electrons. The third kappa shape index (κ3) is 4.26. The highest BCUT2D eigenvalue weighted by atomic mass is 16.2. The highest BCUT2D eigenvalue weighted by Gasteiger charge is 2.05. The van der Waals surface area contributed by atoms with E-state index in [1.807, 2.05) is 32.0 Å². The summed E-state index contributed by atoms with van der Waals surface area (Å²) in [6.45, 7) is 5.77. The van der Waals surface area contributed by atoms with Crippen LogP contribution >= 0.6 is 0 Å². The molecule has 0 bridgehead atoms. The van der Waals surface area contributed by atoms with Crippen LogP contribution in [-0.4, -0.2) is 18.4 Å². The topological polar surface area (TPSA) is 58.2 Å². The highest BCUT2D eigenvalue weighted by molar-refractivity contribution is 5.92. The molecule has 17 heavy (non-hydrogen) atoms. The fourth-order valence-corrected chi connectivity index (χ4v) is 1.45. The number of amides is 2. The Labute approximate surface area is 101 Å². The molecule has 0 aromatic heterocycles. The third-order valence-corrected chi connectivity index (χ3v) is 2.60. The van der Waals surface area contributed by atoms with E-state index in [2.05, 4.69) is 10.6 Å². The number of hydrogen-bond donors (Lipinski definition) is 2. The van der Waals surface area contributed by atoms with Gasteiger partial charge in [-0.15, -0.1) is 0 Å². The number of nitrogens with one attached hydrogen (secondary N) is 2. The number of hydrogen-bond acceptors (Lipinski definition) is 2. The molecule has 0 spiro atoms. The van der Waals surface area contributed by atoms with Crippen LogP contribution in [0.15, 0.2) is 18.2 Å². The molecule has 0 fully saturated rings. The predicted octanol–water partition coefficient (Wildman–Crippen LogP) is 1.77. The molecule has 0 aliphatic heterocycles. The molecule has 0 heterocycles. The largest absolute Gasteiger partial charge is 0.356 e. The molecule has 0 unspecified atom stereocenters. The molecule has 0 aliphatic rings. The van der Waals surface area contributed by atoms with Gasteiger partial charge in [0.25, 0.3) is 0 Å². The van der Waals surface area contributed by atoms with Gasteiger partial charge in [0, 0.05) is 25.6 Å². The van der Waals surface area contributed by atoms with Gasteiger partial charge in [0.05, 0.1) is 0 Å². The number of aryl methyl sites for hydroxylation is 1. The summed E-state index contributed by atoms with van der Waals surface area (Å²) < 4.78 is 0. The van der Waals surface area contributed by atoms with Gasteiger partial charge in [-0.2, -0.15) is 0 Å². The van der Waals surface area contributed by atoms with Crippen LogP contribution in [0.25, 0.3) is 0 Å². The van der Waals surface area contributed by atoms with Crippen molar-refractivity contribution in [2.45, 2.75) is 27.2 Å². The van der Waals surface area contributed by atoms with E-state index < -0.39 is 0 Å². The van der Waals surface area contributed by atoms with Crippen molar-refractivity contribution in [3.05, 3.63) is 29.3 Å². The molecule has 92 valence electrons. The Kier molecular flexibility index (Phi) is 4.69. The van der Waals surface area contributed by atoms with Crippen LogP contribution in [0.1, 0.15) is 24.5 Å². The second-order valence-electron chi connectivity index (χ2n) is 4.03. The quantitative estimate of drug-likeness (QED) is 0.834. The molecule has 0 saturated heterocycles. The number of rotatable bonds is 4. The zero-order chi connectivity index (χ0) is 12.8. The molecule has 2 N–H and O–H groups in total. The maximum absolute atomic E-state index is 11.6. The van der Waals surface area contributed by atoms with E-state index in [0.29, 0.717) is 6.54 Å². The van der Waals surface area contributed by atoms with Gasteiger partial charge in [-0.25, -0.2) is 0 Å². The third-order valence-electron chi connectivity index (χ3n) is 2.60. The predicted molar refractivity (Wildman–Crippen MR) is 67.8 cm³/mol. The zero-order valence-electron chi connectivity index (χ0n) is 10.5. The van der Waals surface area contributed by atoms with Crippen LogP contribution in [0.3, 0.4) is 0 Å². The first kappa shape index (κ1) is 13.2. The van der Waals surface area contributed by atoms with Gasteiger partial charge in [-0.05, 0) is 31.0 Å². The molecule has 0 aliphatic carbocycles. The summed E-state index contributed by atoms with van der Waals surface area (Å²) in [5.41, 5.74) is 3.04. The van der Waals surface area contributed by atoms with Crippen LogP contribution < -0.4 is 10.6 Å². The van der Waals surface area contributed by atoms with Crippen LogP contribution in [0, 0.1) is 13.8 Å². The minimum Gasteiger partial charge on any atom is -0.356 e. The smallest absolute Gasteiger partial charge is 0.226 e. The van der Waals surface area contributed by atoms with E-state index in [0.717, 1.165) is 16.8 Å². The van der Waals surface area contributed by atoms with E-state index in [-0.39, 0.29) is 18.2 Å². The Balaban J connectivity index is 2.51. The van der Waals surface area contributed by atoms with Gasteiger partial charge in [0.15, 0.2) is 0 Å². The lowest BCUT2D eigenvalue weighted by molar-refractivity contribution is -0.119. The fraction of sp³-hybridized carbons (Fsp3) is 0.385. The van der Waals surface area contributed by atoms with Gasteiger partial charge in [0.2, 0.25) is 11.8 Å². The maximum atomic E-state index is 11.6. The summed E-state index contributed by atoms with van der Waals surface area (Å²) in [4.78, 5) is 22.2. The normalized spacial score (nSPS) is 9.82. The van der Waals surface area contributed by atoms with Gasteiger partial charge < -0.3 is 10.6 Å². The first-order chi connectivity index (χ1) is 8.00. The van der Waals surface area contributed by atoms with Crippen LogP contribution in [0.2, 0.25) is 0 Å².